The molecule has 5 nitrogen and oxygen atoms in total. The molecule has 0 fully saturated rings. The highest BCUT2D eigenvalue weighted by Crippen LogP contribution is 2.14. The van der Waals surface area contributed by atoms with Gasteiger partial charge in [0.15, 0.2) is 0 Å². The second-order valence-electron chi connectivity index (χ2n) is 6.28. The summed E-state index contributed by atoms with van der Waals surface area (Å²) in [5, 5.41) is 7.50. The molecule has 2 amide bonds. The molecule has 0 bridgehead atoms. The van der Waals surface area contributed by atoms with Gasteiger partial charge in [0.25, 0.3) is 0 Å². The number of aryl methyl sites for hydroxylation is 3. The zero-order valence-electron chi connectivity index (χ0n) is 15.4. The Kier molecular flexibility index (Phi) is 6.01. The van der Waals surface area contributed by atoms with Crippen molar-refractivity contribution in [2.75, 3.05) is 13.6 Å². The average Bonchev–Trinajstić information content (AvgIpc) is 2.85. The fourth-order valence-corrected chi connectivity index (χ4v) is 2.80. The Morgan fingerprint density at radius 2 is 1.88 bits per heavy atom. The molecule has 0 unspecified atom stereocenters. The van der Waals surface area contributed by atoms with E-state index in [9.17, 15) is 4.79 Å². The van der Waals surface area contributed by atoms with Gasteiger partial charge in [-0.3, -0.25) is 4.68 Å². The van der Waals surface area contributed by atoms with Crippen LogP contribution in [-0.2, 0) is 19.5 Å². The maximum Gasteiger partial charge on any atom is 0.317 e. The molecule has 2 rings (SSSR count). The van der Waals surface area contributed by atoms with Crippen LogP contribution in [0.3, 0.4) is 0 Å². The van der Waals surface area contributed by atoms with Crippen LogP contribution in [0, 0.1) is 20.8 Å². The highest BCUT2D eigenvalue weighted by atomic mass is 16.2. The van der Waals surface area contributed by atoms with Gasteiger partial charge >= 0.3 is 6.03 Å². The normalized spacial score (nSPS) is 10.7. The first-order chi connectivity index (χ1) is 11.4. The largest absolute Gasteiger partial charge is 0.334 e. The van der Waals surface area contributed by atoms with Crippen molar-refractivity contribution in [1.82, 2.24) is 20.0 Å². The first-order valence-corrected chi connectivity index (χ1v) is 8.49. The number of aromatic nitrogens is 2. The Labute approximate surface area is 144 Å². The van der Waals surface area contributed by atoms with Crippen molar-refractivity contribution in [3.8, 4) is 0 Å². The van der Waals surface area contributed by atoms with Gasteiger partial charge in [-0.1, -0.05) is 29.8 Å². The maximum absolute atomic E-state index is 12.2. The molecule has 0 aliphatic rings. The summed E-state index contributed by atoms with van der Waals surface area (Å²) in [6.45, 7) is 10.4. The monoisotopic (exact) mass is 328 g/mol. The van der Waals surface area contributed by atoms with Crippen LogP contribution in [0.2, 0.25) is 0 Å². The number of nitrogens with zero attached hydrogens (tertiary/aromatic N) is 3. The molecule has 0 aliphatic carbocycles. The third-order valence-electron chi connectivity index (χ3n) is 4.44. The Balaban J connectivity index is 1.85. The number of rotatable bonds is 6. The molecule has 0 aliphatic heterocycles. The lowest BCUT2D eigenvalue weighted by molar-refractivity contribution is 0.209. The highest BCUT2D eigenvalue weighted by Gasteiger charge is 2.13. The number of carbonyl (C=O) groups is 1. The van der Waals surface area contributed by atoms with Gasteiger partial charge in [-0.2, -0.15) is 5.10 Å². The van der Waals surface area contributed by atoms with Crippen molar-refractivity contribution >= 4 is 6.03 Å². The quantitative estimate of drug-likeness (QED) is 0.885. The molecule has 1 aromatic heterocycles. The minimum atomic E-state index is -0.0474. The van der Waals surface area contributed by atoms with Crippen LogP contribution in [0.5, 0.6) is 0 Å². The number of hydrogen-bond donors (Lipinski definition) is 1. The van der Waals surface area contributed by atoms with Crippen LogP contribution in [0.15, 0.2) is 24.3 Å². The van der Waals surface area contributed by atoms with Crippen molar-refractivity contribution in [2.24, 2.45) is 0 Å². The summed E-state index contributed by atoms with van der Waals surface area (Å²) < 4.78 is 2.02. The van der Waals surface area contributed by atoms with Crippen LogP contribution in [-0.4, -0.2) is 34.3 Å². The number of benzene rings is 1. The predicted octanol–water partition coefficient (Wildman–Crippen LogP) is 3.21. The smallest absolute Gasteiger partial charge is 0.317 e. The standard InChI is InChI=1S/C19H28N4O/c1-6-23-16(4)18(15(3)21-23)11-12-22(5)19(24)20-13-17-9-7-14(2)8-10-17/h7-10H,6,11-13H2,1-5H3,(H,20,24). The second-order valence-corrected chi connectivity index (χ2v) is 6.28. The number of hydrogen-bond acceptors (Lipinski definition) is 2. The Morgan fingerprint density at radius 3 is 2.46 bits per heavy atom. The van der Waals surface area contributed by atoms with Crippen molar-refractivity contribution in [3.63, 3.8) is 0 Å². The van der Waals surface area contributed by atoms with Gasteiger partial charge < -0.3 is 10.2 Å². The average molecular weight is 328 g/mol. The lowest BCUT2D eigenvalue weighted by Crippen LogP contribution is -2.38. The first kappa shape index (κ1) is 18.0. The molecule has 0 saturated carbocycles. The van der Waals surface area contributed by atoms with Crippen LogP contribution in [0.25, 0.3) is 0 Å². The van der Waals surface area contributed by atoms with Gasteiger partial charge in [-0.25, -0.2) is 4.79 Å². The summed E-state index contributed by atoms with van der Waals surface area (Å²) in [5.74, 6) is 0. The molecule has 0 radical (unpaired) electrons. The van der Waals surface area contributed by atoms with Gasteiger partial charge in [0, 0.05) is 32.4 Å². The van der Waals surface area contributed by atoms with Crippen molar-refractivity contribution in [1.29, 1.82) is 0 Å². The number of likely N-dealkylation sites (N-methyl/N-ethyl adjacent to an activating group) is 1. The Hall–Kier alpha value is -2.30. The molecular formula is C19H28N4O. The summed E-state index contributed by atoms with van der Waals surface area (Å²) in [5.41, 5.74) is 5.83. The van der Waals surface area contributed by atoms with Crippen molar-refractivity contribution in [2.45, 2.75) is 47.2 Å². The minimum absolute atomic E-state index is 0.0474. The van der Waals surface area contributed by atoms with E-state index in [-0.39, 0.29) is 6.03 Å². The first-order valence-electron chi connectivity index (χ1n) is 8.49. The predicted molar refractivity (Wildman–Crippen MR) is 97.1 cm³/mol. The Morgan fingerprint density at radius 1 is 1.21 bits per heavy atom. The van der Waals surface area contributed by atoms with Crippen LogP contribution < -0.4 is 5.32 Å². The van der Waals surface area contributed by atoms with E-state index in [1.807, 2.05) is 30.8 Å². The topological polar surface area (TPSA) is 50.2 Å². The third-order valence-corrected chi connectivity index (χ3v) is 4.44. The van der Waals surface area contributed by atoms with Gasteiger partial charge in [0.05, 0.1) is 5.69 Å². The van der Waals surface area contributed by atoms with Crippen LogP contribution in [0.4, 0.5) is 4.79 Å². The van der Waals surface area contributed by atoms with Crippen LogP contribution >= 0.6 is 0 Å². The lowest BCUT2D eigenvalue weighted by Gasteiger charge is -2.18. The van der Waals surface area contributed by atoms with E-state index in [2.05, 4.69) is 43.3 Å². The Bertz CT molecular complexity index is 688. The van der Waals surface area contributed by atoms with E-state index in [4.69, 9.17) is 0 Å². The molecular weight excluding hydrogens is 300 g/mol. The summed E-state index contributed by atoms with van der Waals surface area (Å²) in [7, 11) is 1.83. The van der Waals surface area contributed by atoms with Gasteiger partial charge in [-0.15, -0.1) is 0 Å². The van der Waals surface area contributed by atoms with Gasteiger partial charge in [0.2, 0.25) is 0 Å². The second kappa shape index (κ2) is 7.99. The van der Waals surface area contributed by atoms with Gasteiger partial charge in [0.1, 0.15) is 0 Å². The maximum atomic E-state index is 12.2. The molecule has 2 aromatic rings. The number of nitrogens with one attached hydrogen (secondary N) is 1. The molecule has 24 heavy (non-hydrogen) atoms. The summed E-state index contributed by atoms with van der Waals surface area (Å²) >= 11 is 0. The summed E-state index contributed by atoms with van der Waals surface area (Å²) in [6, 6.07) is 8.15. The minimum Gasteiger partial charge on any atom is -0.334 e. The van der Waals surface area contributed by atoms with Gasteiger partial charge in [-0.05, 0) is 45.2 Å². The zero-order valence-corrected chi connectivity index (χ0v) is 15.4. The molecule has 0 saturated heterocycles. The fourth-order valence-electron chi connectivity index (χ4n) is 2.80. The number of carbonyl (C=O) groups excluding carboxylic acids is 1. The zero-order chi connectivity index (χ0) is 17.7. The summed E-state index contributed by atoms with van der Waals surface area (Å²) in [4.78, 5) is 14.0. The highest BCUT2D eigenvalue weighted by molar-refractivity contribution is 5.73. The van der Waals surface area contributed by atoms with E-state index in [0.29, 0.717) is 13.1 Å². The molecule has 130 valence electrons. The van der Waals surface area contributed by atoms with E-state index in [0.717, 1.165) is 24.2 Å². The molecule has 1 N–H and O–H groups in total. The molecule has 1 aromatic carbocycles. The molecule has 0 atom stereocenters. The third kappa shape index (κ3) is 4.37. The number of amides is 2. The summed E-state index contributed by atoms with van der Waals surface area (Å²) in [6.07, 6.45) is 0.826. The van der Waals surface area contributed by atoms with Crippen molar-refractivity contribution in [3.05, 3.63) is 52.3 Å². The van der Waals surface area contributed by atoms with E-state index in [1.165, 1.54) is 16.8 Å². The van der Waals surface area contributed by atoms with Crippen LogP contribution in [0.1, 0.15) is 35.0 Å². The molecule has 0 spiro atoms. The number of urea groups is 1. The van der Waals surface area contributed by atoms with Crippen molar-refractivity contribution < 1.29 is 4.79 Å². The lowest BCUT2D eigenvalue weighted by atomic mass is 10.1. The van der Waals surface area contributed by atoms with E-state index in [1.54, 1.807) is 4.90 Å². The van der Waals surface area contributed by atoms with E-state index < -0.39 is 0 Å². The SMILES string of the molecule is CCn1nc(C)c(CCN(C)C(=O)NCc2ccc(C)cc2)c1C. The van der Waals surface area contributed by atoms with E-state index >= 15 is 0 Å². The fraction of sp³-hybridized carbons (Fsp3) is 0.474. The molecule has 5 heteroatoms. The molecule has 1 heterocycles.